The van der Waals surface area contributed by atoms with Crippen LogP contribution in [0.4, 0.5) is 0 Å². The lowest BCUT2D eigenvalue weighted by molar-refractivity contribution is -0.146. The summed E-state index contributed by atoms with van der Waals surface area (Å²) in [4.78, 5) is 11.2. The molecule has 1 atom stereocenters. The Balaban J connectivity index is 2.05. The van der Waals surface area contributed by atoms with Gasteiger partial charge in [-0.25, -0.2) is 0 Å². The van der Waals surface area contributed by atoms with Crippen molar-refractivity contribution in [1.29, 1.82) is 0 Å². The van der Waals surface area contributed by atoms with E-state index in [9.17, 15) is 9.90 Å². The maximum atomic E-state index is 11.2. The van der Waals surface area contributed by atoms with Crippen LogP contribution in [0.1, 0.15) is 32.3 Å². The molecule has 5 heteroatoms. The molecule has 0 aromatic heterocycles. The minimum atomic E-state index is -0.807. The first kappa shape index (κ1) is 16.5. The molecule has 21 heavy (non-hydrogen) atoms. The van der Waals surface area contributed by atoms with Gasteiger partial charge >= 0.3 is 5.97 Å². The Morgan fingerprint density at radius 2 is 2.29 bits per heavy atom. The lowest BCUT2D eigenvalue weighted by Gasteiger charge is -2.24. The highest BCUT2D eigenvalue weighted by molar-refractivity contribution is 7.99. The largest absolute Gasteiger partial charge is 0.488 e. The number of carboxylic acids is 1. The van der Waals surface area contributed by atoms with Crippen LogP contribution in [0.5, 0.6) is 5.75 Å². The normalized spacial score (nSPS) is 19.3. The molecule has 0 saturated carbocycles. The Hall–Kier alpha value is -0.870. The lowest BCUT2D eigenvalue weighted by Crippen LogP contribution is -2.26. The van der Waals surface area contributed by atoms with Crippen molar-refractivity contribution in [1.82, 2.24) is 0 Å². The fourth-order valence-electron chi connectivity index (χ4n) is 2.32. The van der Waals surface area contributed by atoms with Gasteiger partial charge in [0.25, 0.3) is 0 Å². The highest BCUT2D eigenvalue weighted by atomic mass is 35.5. The molecular formula is C16H21ClO3S. The second-order valence-electron chi connectivity index (χ2n) is 6.09. The maximum Gasteiger partial charge on any atom is 0.309 e. The average Bonchev–Trinajstić information content (AvgIpc) is 2.42. The Morgan fingerprint density at radius 3 is 2.86 bits per heavy atom. The van der Waals surface area contributed by atoms with E-state index >= 15 is 0 Å². The first-order valence-electron chi connectivity index (χ1n) is 7.15. The summed E-state index contributed by atoms with van der Waals surface area (Å²) in [6, 6.07) is 5.58. The molecule has 0 amide bonds. The van der Waals surface area contributed by atoms with Crippen molar-refractivity contribution in [2.45, 2.75) is 39.2 Å². The highest BCUT2D eigenvalue weighted by Gasteiger charge is 2.27. The Morgan fingerprint density at radius 1 is 1.52 bits per heavy atom. The van der Waals surface area contributed by atoms with E-state index < -0.39 is 11.4 Å². The van der Waals surface area contributed by atoms with Crippen molar-refractivity contribution in [3.63, 3.8) is 0 Å². The van der Waals surface area contributed by atoms with Crippen molar-refractivity contribution < 1.29 is 14.6 Å². The number of carboxylic acid groups (broad SMARTS) is 1. The fraction of sp³-hybridized carbons (Fsp3) is 0.562. The summed E-state index contributed by atoms with van der Waals surface area (Å²) in [6.07, 6.45) is 2.92. The van der Waals surface area contributed by atoms with Crippen molar-refractivity contribution in [2.24, 2.45) is 5.41 Å². The number of ether oxygens (including phenoxy) is 1. The number of aliphatic carboxylic acids is 1. The zero-order chi connectivity index (χ0) is 15.5. The van der Waals surface area contributed by atoms with Crippen molar-refractivity contribution in [3.8, 4) is 5.75 Å². The van der Waals surface area contributed by atoms with Crippen molar-refractivity contribution >= 4 is 29.3 Å². The molecule has 3 nitrogen and oxygen atoms in total. The lowest BCUT2D eigenvalue weighted by atomic mass is 9.86. The van der Waals surface area contributed by atoms with E-state index in [4.69, 9.17) is 16.3 Å². The third kappa shape index (κ3) is 4.55. The molecule has 2 rings (SSSR count). The first-order chi connectivity index (χ1) is 9.88. The molecule has 0 spiro atoms. The zero-order valence-electron chi connectivity index (χ0n) is 12.4. The SMILES string of the molecule is CC(C)(Cc1ccc(OC2CCCSC2)c(Cl)c1)C(=O)O. The van der Waals surface area contributed by atoms with Gasteiger partial charge in [-0.05, 0) is 56.6 Å². The Kier molecular flexibility index (Phi) is 5.44. The minimum absolute atomic E-state index is 0.225. The summed E-state index contributed by atoms with van der Waals surface area (Å²) >= 11 is 8.19. The summed E-state index contributed by atoms with van der Waals surface area (Å²) in [5.41, 5.74) is 0.115. The smallest absolute Gasteiger partial charge is 0.309 e. The summed E-state index contributed by atoms with van der Waals surface area (Å²) in [6.45, 7) is 3.43. The summed E-state index contributed by atoms with van der Waals surface area (Å²) in [7, 11) is 0. The molecule has 1 fully saturated rings. The Bertz CT molecular complexity index is 510. The summed E-state index contributed by atoms with van der Waals surface area (Å²) in [5.74, 6) is 2.10. The van der Waals surface area contributed by atoms with Crippen LogP contribution in [0.15, 0.2) is 18.2 Å². The van der Waals surface area contributed by atoms with Crippen LogP contribution in [-0.4, -0.2) is 28.7 Å². The van der Waals surface area contributed by atoms with E-state index in [1.807, 2.05) is 30.0 Å². The van der Waals surface area contributed by atoms with E-state index in [0.29, 0.717) is 17.2 Å². The molecule has 1 aromatic rings. The molecule has 0 radical (unpaired) electrons. The molecule has 1 unspecified atom stereocenters. The number of benzene rings is 1. The molecule has 1 aliphatic heterocycles. The zero-order valence-corrected chi connectivity index (χ0v) is 14.0. The summed E-state index contributed by atoms with van der Waals surface area (Å²) in [5, 5.41) is 9.74. The molecule has 1 aromatic carbocycles. The molecule has 0 aliphatic carbocycles. The first-order valence-corrected chi connectivity index (χ1v) is 8.68. The number of thioether (sulfide) groups is 1. The van der Waals surface area contributed by atoms with Gasteiger partial charge in [-0.2, -0.15) is 11.8 Å². The van der Waals surface area contributed by atoms with Crippen molar-refractivity contribution in [3.05, 3.63) is 28.8 Å². The molecule has 116 valence electrons. The third-order valence-electron chi connectivity index (χ3n) is 3.63. The molecular weight excluding hydrogens is 308 g/mol. The summed E-state index contributed by atoms with van der Waals surface area (Å²) < 4.78 is 5.95. The number of hydrogen-bond donors (Lipinski definition) is 1. The monoisotopic (exact) mass is 328 g/mol. The average molecular weight is 329 g/mol. The number of carbonyl (C=O) groups is 1. The fourth-order valence-corrected chi connectivity index (χ4v) is 3.60. The second kappa shape index (κ2) is 6.93. The molecule has 1 heterocycles. The van der Waals surface area contributed by atoms with Gasteiger partial charge in [-0.3, -0.25) is 4.79 Å². The quantitative estimate of drug-likeness (QED) is 0.877. The molecule has 1 saturated heterocycles. The second-order valence-corrected chi connectivity index (χ2v) is 7.64. The van der Waals surface area contributed by atoms with E-state index in [1.165, 1.54) is 12.2 Å². The van der Waals surface area contributed by atoms with Gasteiger partial charge in [0.05, 0.1) is 10.4 Å². The van der Waals surface area contributed by atoms with Crippen molar-refractivity contribution in [2.75, 3.05) is 11.5 Å². The van der Waals surface area contributed by atoms with E-state index in [2.05, 4.69) is 0 Å². The molecule has 0 bridgehead atoms. The van der Waals surface area contributed by atoms with E-state index in [-0.39, 0.29) is 6.10 Å². The predicted molar refractivity (Wildman–Crippen MR) is 87.5 cm³/mol. The topological polar surface area (TPSA) is 46.5 Å². The van der Waals surface area contributed by atoms with Crippen LogP contribution in [0, 0.1) is 5.41 Å². The third-order valence-corrected chi connectivity index (χ3v) is 5.11. The Labute approximate surface area is 135 Å². The highest BCUT2D eigenvalue weighted by Crippen LogP contribution is 2.31. The van der Waals surface area contributed by atoms with E-state index in [0.717, 1.165) is 17.7 Å². The van der Waals surface area contributed by atoms with Gasteiger partial charge in [0.1, 0.15) is 11.9 Å². The number of hydrogen-bond acceptors (Lipinski definition) is 3. The van der Waals surface area contributed by atoms with Gasteiger partial charge < -0.3 is 9.84 Å². The predicted octanol–water partition coefficient (Wildman–Crippen LogP) is 4.27. The number of halogens is 1. The van der Waals surface area contributed by atoms with Crippen LogP contribution in [0.2, 0.25) is 5.02 Å². The van der Waals surface area contributed by atoms with Crippen LogP contribution in [0.25, 0.3) is 0 Å². The maximum absolute atomic E-state index is 11.2. The molecule has 1 N–H and O–H groups in total. The van der Waals surface area contributed by atoms with Crippen LogP contribution in [-0.2, 0) is 11.2 Å². The standard InChI is InChI=1S/C16H21ClO3S/c1-16(2,15(18)19)9-11-5-6-14(13(17)8-11)20-12-4-3-7-21-10-12/h5-6,8,12H,3-4,7,9-10H2,1-2H3,(H,18,19). The molecule has 1 aliphatic rings. The van der Waals surface area contributed by atoms with Crippen LogP contribution in [0.3, 0.4) is 0 Å². The van der Waals surface area contributed by atoms with Gasteiger partial charge in [0.2, 0.25) is 0 Å². The van der Waals surface area contributed by atoms with Gasteiger partial charge in [-0.1, -0.05) is 17.7 Å². The van der Waals surface area contributed by atoms with Gasteiger partial charge in [0.15, 0.2) is 0 Å². The minimum Gasteiger partial charge on any atom is -0.488 e. The van der Waals surface area contributed by atoms with Crippen LogP contribution >= 0.6 is 23.4 Å². The van der Waals surface area contributed by atoms with Crippen LogP contribution < -0.4 is 4.74 Å². The number of rotatable bonds is 5. The van der Waals surface area contributed by atoms with E-state index in [1.54, 1.807) is 13.8 Å². The van der Waals surface area contributed by atoms with Gasteiger partial charge in [0, 0.05) is 5.75 Å². The van der Waals surface area contributed by atoms with Gasteiger partial charge in [-0.15, -0.1) is 0 Å².